The molecule has 11 heteroatoms. The number of nitrogens with zero attached hydrogens (tertiary/aromatic N) is 1. The van der Waals surface area contributed by atoms with E-state index in [4.69, 9.17) is 28.9 Å². The van der Waals surface area contributed by atoms with Gasteiger partial charge in [-0.1, -0.05) is 36.2 Å². The van der Waals surface area contributed by atoms with Gasteiger partial charge in [0.2, 0.25) is 18.0 Å². The molecule has 10 nitrogen and oxygen atoms in total. The van der Waals surface area contributed by atoms with Gasteiger partial charge >= 0.3 is 0 Å². The third-order valence-corrected chi connectivity index (χ3v) is 13.5. The summed E-state index contributed by atoms with van der Waals surface area (Å²) in [4.78, 5) is 19.1. The van der Waals surface area contributed by atoms with Crippen LogP contribution in [-0.2, 0) is 19.1 Å². The molecular weight excluding hydrogens is 765 g/mol. The zero-order valence-corrected chi connectivity index (χ0v) is 35.5. The Morgan fingerprint density at radius 1 is 0.983 bits per heavy atom. The summed E-state index contributed by atoms with van der Waals surface area (Å²) in [6, 6.07) is 20.2. The van der Waals surface area contributed by atoms with Gasteiger partial charge in [-0.3, -0.25) is 4.79 Å². The fourth-order valence-electron chi connectivity index (χ4n) is 9.30. The third-order valence-electron chi connectivity index (χ3n) is 12.2. The van der Waals surface area contributed by atoms with Crippen LogP contribution in [0.2, 0.25) is 0 Å². The van der Waals surface area contributed by atoms with Crippen LogP contribution in [0.5, 0.6) is 17.2 Å². The van der Waals surface area contributed by atoms with E-state index in [1.165, 1.54) is 12.5 Å². The highest BCUT2D eigenvalue weighted by molar-refractivity contribution is 8.00. The second-order valence-electron chi connectivity index (χ2n) is 16.3. The highest BCUT2D eigenvalue weighted by Gasteiger charge is 2.64. The monoisotopic (exact) mass is 824 g/mol. The summed E-state index contributed by atoms with van der Waals surface area (Å²) in [6.45, 7) is 10.9. The number of nitrogens with one attached hydrogen (secondary N) is 1. The first-order chi connectivity index (χ1) is 28.7. The van der Waals surface area contributed by atoms with Gasteiger partial charge in [-0.2, -0.15) is 0 Å². The van der Waals surface area contributed by atoms with Gasteiger partial charge in [-0.05, 0) is 136 Å². The van der Waals surface area contributed by atoms with Crippen molar-refractivity contribution >= 4 is 29.1 Å². The van der Waals surface area contributed by atoms with Gasteiger partial charge in [0.15, 0.2) is 0 Å². The number of oxime groups is 1. The number of fused-ring (bicyclic) bond motifs is 2. The number of amides is 1. The van der Waals surface area contributed by atoms with Crippen LogP contribution in [0.4, 0.5) is 5.69 Å². The number of thioether (sulfide) groups is 1. The molecule has 7 atom stereocenters. The van der Waals surface area contributed by atoms with Crippen molar-refractivity contribution in [3.05, 3.63) is 102 Å². The number of benzene rings is 3. The van der Waals surface area contributed by atoms with Crippen LogP contribution in [-0.4, -0.2) is 65.6 Å². The summed E-state index contributed by atoms with van der Waals surface area (Å²) in [6.07, 6.45) is 12.0. The molecule has 316 valence electrons. The molecule has 0 aromatic heterocycles. The van der Waals surface area contributed by atoms with Gasteiger partial charge in [0, 0.05) is 55.0 Å². The lowest BCUT2D eigenvalue weighted by Crippen LogP contribution is -2.64. The lowest BCUT2D eigenvalue weighted by atomic mass is 9.56. The molecule has 2 aliphatic carbocycles. The predicted octanol–water partition coefficient (Wildman–Crippen LogP) is 10.0. The smallest absolute Gasteiger partial charge is 0.231 e. The number of carbonyl (C=O) groups is 1. The molecule has 2 heterocycles. The molecular formula is C48H60N2O8S. The van der Waals surface area contributed by atoms with Crippen LogP contribution in [0.15, 0.2) is 95.0 Å². The van der Waals surface area contributed by atoms with Crippen molar-refractivity contribution in [3.63, 3.8) is 0 Å². The second-order valence-corrected chi connectivity index (χ2v) is 17.6. The molecule has 0 bridgehead atoms. The van der Waals surface area contributed by atoms with Crippen molar-refractivity contribution in [3.8, 4) is 17.2 Å². The Morgan fingerprint density at radius 2 is 1.75 bits per heavy atom. The first-order valence-corrected chi connectivity index (χ1v) is 22.3. The van der Waals surface area contributed by atoms with E-state index in [2.05, 4.69) is 50.0 Å². The van der Waals surface area contributed by atoms with E-state index < -0.39 is 12.1 Å². The minimum Gasteiger partial charge on any atom is -0.460 e. The summed E-state index contributed by atoms with van der Waals surface area (Å²) in [5, 5.41) is 27.4. The van der Waals surface area contributed by atoms with Gasteiger partial charge in [0.05, 0.1) is 30.1 Å². The Kier molecular flexibility index (Phi) is 14.5. The van der Waals surface area contributed by atoms with Crippen molar-refractivity contribution in [2.45, 2.75) is 113 Å². The molecule has 1 amide bonds. The molecule has 59 heavy (non-hydrogen) atoms. The molecule has 7 rings (SSSR count). The van der Waals surface area contributed by atoms with E-state index in [1.807, 2.05) is 42.5 Å². The second kappa shape index (κ2) is 20.0. The Morgan fingerprint density at radius 3 is 2.46 bits per heavy atom. The normalized spacial score (nSPS) is 26.5. The number of hydrogen-bond acceptors (Lipinski definition) is 10. The van der Waals surface area contributed by atoms with Gasteiger partial charge < -0.3 is 39.3 Å². The zero-order valence-electron chi connectivity index (χ0n) is 34.7. The van der Waals surface area contributed by atoms with E-state index in [0.29, 0.717) is 19.4 Å². The molecule has 2 aliphatic heterocycles. The van der Waals surface area contributed by atoms with Gasteiger partial charge in [0.25, 0.3) is 0 Å². The highest BCUT2D eigenvalue weighted by Crippen LogP contribution is 2.63. The quantitative estimate of drug-likeness (QED) is 0.0653. The van der Waals surface area contributed by atoms with E-state index in [0.717, 1.165) is 102 Å². The largest absolute Gasteiger partial charge is 0.460 e. The number of unbranched alkanes of at least 4 members (excludes halogenated alkanes) is 2. The first-order valence-electron chi connectivity index (χ1n) is 21.4. The molecule has 4 aliphatic rings. The highest BCUT2D eigenvalue weighted by atomic mass is 32.2. The van der Waals surface area contributed by atoms with Crippen molar-refractivity contribution in [1.82, 2.24) is 0 Å². The molecule has 0 radical (unpaired) electrons. The van der Waals surface area contributed by atoms with Crippen LogP contribution < -0.4 is 14.8 Å². The number of aliphatic hydroxyl groups excluding tert-OH is 2. The van der Waals surface area contributed by atoms with Crippen LogP contribution in [0.1, 0.15) is 93.7 Å². The summed E-state index contributed by atoms with van der Waals surface area (Å²) in [7, 11) is 0. The number of anilines is 1. The Balaban J connectivity index is 1.39. The Hall–Kier alpha value is -4.13. The van der Waals surface area contributed by atoms with E-state index in [9.17, 15) is 15.0 Å². The van der Waals surface area contributed by atoms with Crippen molar-refractivity contribution in [1.29, 1.82) is 0 Å². The molecule has 1 unspecified atom stereocenters. The molecule has 2 fully saturated rings. The molecule has 3 N–H and O–H groups in total. The van der Waals surface area contributed by atoms with Gasteiger partial charge in [-0.25, -0.2) is 0 Å². The average Bonchev–Trinajstić information content (AvgIpc) is 3.23. The maximum absolute atomic E-state index is 11.8. The summed E-state index contributed by atoms with van der Waals surface area (Å²) >= 11 is 1.68. The number of allylic oxidation sites excluding steroid dienone is 1. The van der Waals surface area contributed by atoms with Gasteiger partial charge in [0.1, 0.15) is 17.2 Å². The van der Waals surface area contributed by atoms with Crippen molar-refractivity contribution in [2.24, 2.45) is 22.9 Å². The number of ether oxygens (including phenoxy) is 4. The number of aryl methyl sites for hydroxylation is 2. The molecule has 3 aromatic carbocycles. The summed E-state index contributed by atoms with van der Waals surface area (Å²) in [5.74, 6) is 0.935. The topological polar surface area (TPSA) is 128 Å². The maximum atomic E-state index is 11.8. The fourth-order valence-corrected chi connectivity index (χ4v) is 10.6. The Labute approximate surface area is 353 Å². The van der Waals surface area contributed by atoms with Crippen LogP contribution in [0.3, 0.4) is 0 Å². The van der Waals surface area contributed by atoms with E-state index in [-0.39, 0.29) is 54.6 Å². The molecule has 1 saturated heterocycles. The zero-order chi connectivity index (χ0) is 41.4. The molecule has 3 aromatic rings. The minimum absolute atomic E-state index is 0.0774. The van der Waals surface area contributed by atoms with Crippen LogP contribution in [0.25, 0.3) is 0 Å². The lowest BCUT2D eigenvalue weighted by Gasteiger charge is -2.58. The van der Waals surface area contributed by atoms with E-state index in [1.54, 1.807) is 17.8 Å². The summed E-state index contributed by atoms with van der Waals surface area (Å²) in [5.41, 5.74) is 6.07. The lowest BCUT2D eigenvalue weighted by molar-refractivity contribution is -0.223. The average molecular weight is 825 g/mol. The molecule has 1 saturated carbocycles. The van der Waals surface area contributed by atoms with Crippen LogP contribution >= 0.6 is 11.8 Å². The first kappa shape index (κ1) is 43.0. The third kappa shape index (κ3) is 9.92. The van der Waals surface area contributed by atoms with E-state index >= 15 is 0 Å². The molecule has 0 spiro atoms. The van der Waals surface area contributed by atoms with Crippen molar-refractivity contribution in [2.75, 3.05) is 31.7 Å². The number of aliphatic hydroxyl groups is 2. The standard InChI is InChI=1S/C48H60N2O8S/c1-5-25-55-48-44(59-38-20-16-35(17-21-38)49-33(4)53)30-42(50-58-45-14-8-11-26-54-45)40-28-34(12-6-9-23-51)39(13-7-10-24-52)46(47(40)48)41-29-37(19-22-43(41)57-48)56-36-18-15-31(2)32(3)27-36/h5,15-22,27-29,34,39,44-47,51-52H,1,6-14,23-26,30H2,2-4H3,(H,49,53)/t34-,39+,44-,45?,46+,47+,48+/m0/s1. The number of rotatable bonds is 18. The van der Waals surface area contributed by atoms with Gasteiger partial charge in [-0.15, -0.1) is 18.3 Å². The number of carbonyl (C=O) groups excluding carboxylic acids is 1. The SMILES string of the molecule is C=CCO[C@@]12Oc3ccc(Oc4ccc(C)c(C)c4)cc3[C@H]3[C@H](CCCCO)[C@@H](CCCCO)C=C(C(=NOC4CCCCO4)C[C@@H]1Sc1ccc(NC(C)=O)cc1)[C@H]32. The maximum Gasteiger partial charge on any atom is 0.231 e. The fraction of sp³-hybridized carbons (Fsp3) is 0.500. The van der Waals surface area contributed by atoms with Crippen LogP contribution in [0, 0.1) is 31.6 Å². The Bertz CT molecular complexity index is 1980. The predicted molar refractivity (Wildman–Crippen MR) is 232 cm³/mol. The minimum atomic E-state index is -1.14. The van der Waals surface area contributed by atoms with Crippen molar-refractivity contribution < 1.29 is 38.8 Å². The number of hydrogen-bond donors (Lipinski definition) is 3. The summed E-state index contributed by atoms with van der Waals surface area (Å²) < 4.78 is 27.0.